The first kappa shape index (κ1) is 9.41. The topological polar surface area (TPSA) is 17.1 Å². The number of Topliss-reactive ketones (excluding diaryl/α,β-unsaturated/α-hetero) is 1. The lowest BCUT2D eigenvalue weighted by Crippen LogP contribution is -2.08. The van der Waals surface area contributed by atoms with Crippen LogP contribution in [0.5, 0.6) is 0 Å². The Morgan fingerprint density at radius 1 is 1.70 bits per heavy atom. The lowest BCUT2D eigenvalue weighted by Gasteiger charge is -2.07. The number of carbonyl (C=O) groups excluding carboxylic acids is 1. The Balaban J connectivity index is 3.60. The molecule has 0 aromatic heterocycles. The maximum atomic E-state index is 10.8. The van der Waals surface area contributed by atoms with Crippen LogP contribution in [0.25, 0.3) is 0 Å². The van der Waals surface area contributed by atoms with Gasteiger partial charge in [-0.3, -0.25) is 4.79 Å². The molecule has 0 spiro atoms. The second kappa shape index (κ2) is 5.21. The monoisotopic (exact) mass is 140 g/mol. The Kier molecular flexibility index (Phi) is 4.91. The molecule has 0 radical (unpaired) electrons. The molecular formula is C9H16O. The fourth-order valence-corrected chi connectivity index (χ4v) is 1.01. The zero-order chi connectivity index (χ0) is 7.98. The fourth-order valence-electron chi connectivity index (χ4n) is 1.01. The highest BCUT2D eigenvalue weighted by molar-refractivity contribution is 5.78. The third kappa shape index (κ3) is 3.44. The summed E-state index contributed by atoms with van der Waals surface area (Å²) in [5.74, 6) is 0.572. The zero-order valence-electron chi connectivity index (χ0n) is 6.89. The fraction of sp³-hybridized carbons (Fsp3) is 0.667. The zero-order valence-corrected chi connectivity index (χ0v) is 6.89. The predicted octanol–water partition coefficient (Wildman–Crippen LogP) is 2.57. The van der Waals surface area contributed by atoms with Gasteiger partial charge in [-0.25, -0.2) is 0 Å². The van der Waals surface area contributed by atoms with Crippen LogP contribution in [-0.2, 0) is 4.79 Å². The van der Waals surface area contributed by atoms with Gasteiger partial charge in [0.1, 0.15) is 5.78 Å². The van der Waals surface area contributed by atoms with Gasteiger partial charge in [0, 0.05) is 5.92 Å². The van der Waals surface area contributed by atoms with Gasteiger partial charge in [0.15, 0.2) is 0 Å². The molecule has 1 unspecified atom stereocenters. The molecule has 0 saturated carbocycles. The van der Waals surface area contributed by atoms with E-state index >= 15 is 0 Å². The minimum Gasteiger partial charge on any atom is -0.300 e. The van der Waals surface area contributed by atoms with Crippen LogP contribution in [-0.4, -0.2) is 5.78 Å². The smallest absolute Gasteiger partial charge is 0.132 e. The maximum Gasteiger partial charge on any atom is 0.132 e. The van der Waals surface area contributed by atoms with Gasteiger partial charge >= 0.3 is 0 Å². The van der Waals surface area contributed by atoms with E-state index in [0.29, 0.717) is 5.78 Å². The van der Waals surface area contributed by atoms with Gasteiger partial charge in [-0.05, 0) is 26.2 Å². The van der Waals surface area contributed by atoms with Crippen molar-refractivity contribution in [2.75, 3.05) is 0 Å². The van der Waals surface area contributed by atoms with Gasteiger partial charge in [0.05, 0.1) is 0 Å². The van der Waals surface area contributed by atoms with Crippen molar-refractivity contribution in [1.29, 1.82) is 0 Å². The number of ketones is 1. The van der Waals surface area contributed by atoms with E-state index in [1.807, 2.05) is 6.08 Å². The summed E-state index contributed by atoms with van der Waals surface area (Å²) in [5, 5.41) is 0. The molecule has 1 heteroatoms. The molecule has 0 aliphatic rings. The van der Waals surface area contributed by atoms with Gasteiger partial charge in [-0.1, -0.05) is 13.0 Å². The largest absolute Gasteiger partial charge is 0.300 e. The molecule has 0 aromatic carbocycles. The maximum absolute atomic E-state index is 10.8. The number of hydrogen-bond acceptors (Lipinski definition) is 1. The van der Waals surface area contributed by atoms with Crippen LogP contribution in [0.3, 0.4) is 0 Å². The summed E-state index contributed by atoms with van der Waals surface area (Å²) in [5.41, 5.74) is 0. The first-order chi connectivity index (χ1) is 4.72. The van der Waals surface area contributed by atoms with Crippen LogP contribution in [0.1, 0.15) is 33.1 Å². The summed E-state index contributed by atoms with van der Waals surface area (Å²) in [6.07, 6.45) is 4.75. The second-order valence-electron chi connectivity index (χ2n) is 2.58. The quantitative estimate of drug-likeness (QED) is 0.536. The van der Waals surface area contributed by atoms with Crippen LogP contribution in [0.15, 0.2) is 12.7 Å². The van der Waals surface area contributed by atoms with Gasteiger partial charge in [-0.2, -0.15) is 0 Å². The molecule has 0 saturated heterocycles. The Labute approximate surface area is 63.1 Å². The molecule has 1 atom stereocenters. The summed E-state index contributed by atoms with van der Waals surface area (Å²) in [6, 6.07) is 0. The Morgan fingerprint density at radius 3 is 2.60 bits per heavy atom. The molecule has 0 rings (SSSR count). The van der Waals surface area contributed by atoms with Gasteiger partial charge in [-0.15, -0.1) is 6.58 Å². The van der Waals surface area contributed by atoms with Crippen LogP contribution in [0.4, 0.5) is 0 Å². The number of hydrogen-bond donors (Lipinski definition) is 0. The molecule has 1 nitrogen and oxygen atoms in total. The van der Waals surface area contributed by atoms with Gasteiger partial charge in [0.2, 0.25) is 0 Å². The summed E-state index contributed by atoms with van der Waals surface area (Å²) in [6.45, 7) is 7.33. The van der Waals surface area contributed by atoms with Crippen LogP contribution in [0, 0.1) is 5.92 Å². The van der Waals surface area contributed by atoms with Crippen molar-refractivity contribution in [2.24, 2.45) is 5.92 Å². The summed E-state index contributed by atoms with van der Waals surface area (Å²) < 4.78 is 0. The molecule has 0 bridgehead atoms. The molecule has 10 heavy (non-hydrogen) atoms. The Hall–Kier alpha value is -0.590. The standard InChI is InChI=1S/C9H16O/c1-4-6-7-9(5-2)8(3)10/h4,9H,1,5-7H2,2-3H3. The third-order valence-electron chi connectivity index (χ3n) is 1.79. The van der Waals surface area contributed by atoms with E-state index in [1.54, 1.807) is 6.92 Å². The Bertz CT molecular complexity index is 116. The van der Waals surface area contributed by atoms with Crippen LogP contribution >= 0.6 is 0 Å². The van der Waals surface area contributed by atoms with Crippen LogP contribution in [0.2, 0.25) is 0 Å². The van der Waals surface area contributed by atoms with Crippen molar-refractivity contribution >= 4 is 5.78 Å². The molecule has 0 fully saturated rings. The van der Waals surface area contributed by atoms with E-state index in [2.05, 4.69) is 13.5 Å². The van der Waals surface area contributed by atoms with E-state index in [0.717, 1.165) is 19.3 Å². The van der Waals surface area contributed by atoms with E-state index in [1.165, 1.54) is 0 Å². The molecular weight excluding hydrogens is 124 g/mol. The molecule has 0 heterocycles. The van der Waals surface area contributed by atoms with E-state index < -0.39 is 0 Å². The van der Waals surface area contributed by atoms with Crippen molar-refractivity contribution in [2.45, 2.75) is 33.1 Å². The summed E-state index contributed by atoms with van der Waals surface area (Å²) >= 11 is 0. The minimum atomic E-state index is 0.262. The number of allylic oxidation sites excluding steroid dienone is 1. The lowest BCUT2D eigenvalue weighted by atomic mass is 9.97. The third-order valence-corrected chi connectivity index (χ3v) is 1.79. The SMILES string of the molecule is C=CCCC(CC)C(C)=O. The molecule has 58 valence electrons. The average molecular weight is 140 g/mol. The summed E-state index contributed by atoms with van der Waals surface area (Å²) in [7, 11) is 0. The highest BCUT2D eigenvalue weighted by Crippen LogP contribution is 2.11. The van der Waals surface area contributed by atoms with E-state index in [9.17, 15) is 4.79 Å². The lowest BCUT2D eigenvalue weighted by molar-refractivity contribution is -0.120. The molecule has 0 aliphatic carbocycles. The van der Waals surface area contributed by atoms with E-state index in [-0.39, 0.29) is 5.92 Å². The second-order valence-corrected chi connectivity index (χ2v) is 2.58. The summed E-state index contributed by atoms with van der Waals surface area (Å²) in [4.78, 5) is 10.8. The molecule has 0 amide bonds. The van der Waals surface area contributed by atoms with E-state index in [4.69, 9.17) is 0 Å². The van der Waals surface area contributed by atoms with Crippen LogP contribution < -0.4 is 0 Å². The number of carbonyl (C=O) groups is 1. The predicted molar refractivity (Wildman–Crippen MR) is 43.9 cm³/mol. The highest BCUT2D eigenvalue weighted by Gasteiger charge is 2.09. The van der Waals surface area contributed by atoms with Crippen molar-refractivity contribution < 1.29 is 4.79 Å². The first-order valence-electron chi connectivity index (χ1n) is 3.83. The normalized spacial score (nSPS) is 12.6. The first-order valence-corrected chi connectivity index (χ1v) is 3.83. The number of rotatable bonds is 5. The van der Waals surface area contributed by atoms with Gasteiger partial charge in [0.25, 0.3) is 0 Å². The van der Waals surface area contributed by atoms with Crippen molar-refractivity contribution in [1.82, 2.24) is 0 Å². The van der Waals surface area contributed by atoms with Crippen molar-refractivity contribution in [3.63, 3.8) is 0 Å². The average Bonchev–Trinajstić information content (AvgIpc) is 1.89. The molecule has 0 aromatic rings. The highest BCUT2D eigenvalue weighted by atomic mass is 16.1. The Morgan fingerprint density at radius 2 is 2.30 bits per heavy atom. The minimum absolute atomic E-state index is 0.262. The molecule has 0 aliphatic heterocycles. The van der Waals surface area contributed by atoms with Crippen molar-refractivity contribution in [3.05, 3.63) is 12.7 Å². The van der Waals surface area contributed by atoms with Gasteiger partial charge < -0.3 is 0 Å². The molecule has 0 N–H and O–H groups in total. The van der Waals surface area contributed by atoms with Crippen molar-refractivity contribution in [3.8, 4) is 0 Å².